The highest BCUT2D eigenvalue weighted by Gasteiger charge is 2.58. The van der Waals surface area contributed by atoms with Gasteiger partial charge in [-0.2, -0.15) is 0 Å². The molecule has 1 heterocycles. The summed E-state index contributed by atoms with van der Waals surface area (Å²) in [7, 11) is 4.93. The molecule has 1 saturated heterocycles. The molecule has 2 aliphatic carbocycles. The average Bonchev–Trinajstić information content (AvgIpc) is 3.30. The molecule has 0 aromatic heterocycles. The average molecular weight is 507 g/mol. The van der Waals surface area contributed by atoms with Gasteiger partial charge < -0.3 is 14.2 Å². The molecule has 0 unspecified atom stereocenters. The molecule has 1 saturated carbocycles. The lowest BCUT2D eigenvalue weighted by Crippen LogP contribution is -2.43. The molecule has 0 N–H and O–H groups in total. The van der Waals surface area contributed by atoms with Crippen molar-refractivity contribution in [3.63, 3.8) is 0 Å². The van der Waals surface area contributed by atoms with E-state index in [1.807, 2.05) is 0 Å². The molecule has 1 aliphatic heterocycles. The summed E-state index contributed by atoms with van der Waals surface area (Å²) in [5, 5.41) is 2.46. The number of benzene rings is 3. The van der Waals surface area contributed by atoms with Crippen molar-refractivity contribution in [3.05, 3.63) is 65.2 Å². The molecule has 0 amide bonds. The van der Waals surface area contributed by atoms with Crippen molar-refractivity contribution in [1.82, 2.24) is 0 Å². The Hall–Kier alpha value is -2.31. The number of carbonyl (C=O) groups is 1. The van der Waals surface area contributed by atoms with Gasteiger partial charge >= 0.3 is 0 Å². The van der Waals surface area contributed by atoms with Crippen LogP contribution < -0.4 is 14.2 Å². The molecule has 182 valence electrons. The molecule has 4 nitrogen and oxygen atoms in total. The maximum Gasteiger partial charge on any atom is 0.203 e. The van der Waals surface area contributed by atoms with Gasteiger partial charge in [0.25, 0.3) is 0 Å². The lowest BCUT2D eigenvalue weighted by atomic mass is 9.65. The van der Waals surface area contributed by atoms with Crippen molar-refractivity contribution in [2.24, 2.45) is 11.8 Å². The van der Waals surface area contributed by atoms with Crippen molar-refractivity contribution in [1.29, 1.82) is 0 Å². The monoisotopic (exact) mass is 506 g/mol. The first kappa shape index (κ1) is 23.1. The third kappa shape index (κ3) is 3.40. The molecule has 3 aliphatic rings. The van der Waals surface area contributed by atoms with Crippen molar-refractivity contribution in [2.45, 2.75) is 29.3 Å². The van der Waals surface area contributed by atoms with Crippen molar-refractivity contribution in [3.8, 4) is 17.2 Å². The quantitative estimate of drug-likeness (QED) is 0.396. The molecule has 1 spiro atoms. The number of Topliss-reactive ketones (excluding diaryl/α,β-unsaturated/α-hetero) is 1. The van der Waals surface area contributed by atoms with E-state index in [0.29, 0.717) is 35.4 Å². The zero-order chi connectivity index (χ0) is 24.2. The summed E-state index contributed by atoms with van der Waals surface area (Å²) in [6.07, 6.45) is 2.84. The van der Waals surface area contributed by atoms with Crippen molar-refractivity contribution >= 4 is 40.1 Å². The standard InChI is InChI=1S/C29H30O4S2/c1-31-23-15-18(16-24(32-2)28(23)33-3)25-26-19-8-5-4-7-17(19)9-10-20(26)29(34-13-6-14-35-29)21-11-12-22(30)27(21)25/h4-5,7-10,15-16,21,25,27H,6,11-14H2,1-3H3/t21-,25-,27+/m0/s1. The van der Waals surface area contributed by atoms with Crippen molar-refractivity contribution in [2.75, 3.05) is 32.8 Å². The van der Waals surface area contributed by atoms with Crippen LogP contribution in [-0.4, -0.2) is 38.6 Å². The van der Waals surface area contributed by atoms with Gasteiger partial charge in [0, 0.05) is 18.3 Å². The van der Waals surface area contributed by atoms with E-state index >= 15 is 0 Å². The summed E-state index contributed by atoms with van der Waals surface area (Å²) in [6.45, 7) is 0. The fourth-order valence-electron chi connectivity index (χ4n) is 6.60. The number of carbonyl (C=O) groups excluding carboxylic acids is 1. The minimum Gasteiger partial charge on any atom is -0.493 e. The number of fused-ring (bicyclic) bond motifs is 6. The largest absolute Gasteiger partial charge is 0.493 e. The minimum absolute atomic E-state index is 0.0569. The Morgan fingerprint density at radius 1 is 0.914 bits per heavy atom. The molecule has 0 radical (unpaired) electrons. The van der Waals surface area contributed by atoms with Gasteiger partial charge in [-0.15, -0.1) is 23.5 Å². The predicted octanol–water partition coefficient (Wildman–Crippen LogP) is 6.63. The summed E-state index contributed by atoms with van der Waals surface area (Å²) in [5.74, 6) is 4.71. The van der Waals surface area contributed by atoms with Crippen LogP contribution in [0.15, 0.2) is 48.5 Å². The van der Waals surface area contributed by atoms with Gasteiger partial charge in [0.2, 0.25) is 5.75 Å². The Bertz CT molecular complexity index is 1270. The van der Waals surface area contributed by atoms with Gasteiger partial charge in [-0.3, -0.25) is 4.79 Å². The second-order valence-electron chi connectivity index (χ2n) is 9.54. The first-order chi connectivity index (χ1) is 17.1. The molecular weight excluding hydrogens is 476 g/mol. The van der Waals surface area contributed by atoms with E-state index < -0.39 is 0 Å². The van der Waals surface area contributed by atoms with Crippen LogP contribution in [0.1, 0.15) is 41.9 Å². The van der Waals surface area contributed by atoms with E-state index in [4.69, 9.17) is 14.2 Å². The highest BCUT2D eigenvalue weighted by Crippen LogP contribution is 2.68. The summed E-state index contributed by atoms with van der Waals surface area (Å²) >= 11 is 4.15. The van der Waals surface area contributed by atoms with E-state index in [1.54, 1.807) is 21.3 Å². The smallest absolute Gasteiger partial charge is 0.203 e. The van der Waals surface area contributed by atoms with Gasteiger partial charge in [-0.25, -0.2) is 0 Å². The molecular formula is C29H30O4S2. The minimum atomic E-state index is -0.0639. The summed E-state index contributed by atoms with van der Waals surface area (Å²) < 4.78 is 17.0. The van der Waals surface area contributed by atoms with Crippen LogP contribution in [0.3, 0.4) is 0 Å². The fourth-order valence-corrected chi connectivity index (χ4v) is 10.4. The number of hydrogen-bond acceptors (Lipinski definition) is 6. The second kappa shape index (κ2) is 8.97. The SMILES string of the molecule is COc1cc([C@H]2c3c(ccc4ccccc34)C3(SCCCS3)[C@H]3CCC(=O)[C@H]23)cc(OC)c1OC. The van der Waals surface area contributed by atoms with E-state index in [-0.39, 0.29) is 15.9 Å². The molecule has 2 fully saturated rings. The van der Waals surface area contributed by atoms with Gasteiger partial charge in [0.15, 0.2) is 11.5 Å². The zero-order valence-corrected chi connectivity index (χ0v) is 22.0. The highest BCUT2D eigenvalue weighted by molar-refractivity contribution is 8.18. The molecule has 6 rings (SSSR count). The number of ketones is 1. The van der Waals surface area contributed by atoms with Crippen LogP contribution >= 0.6 is 23.5 Å². The number of hydrogen-bond donors (Lipinski definition) is 0. The first-order valence-corrected chi connectivity index (χ1v) is 14.2. The lowest BCUT2D eigenvalue weighted by molar-refractivity contribution is -0.121. The fraction of sp³-hybridized carbons (Fsp3) is 0.414. The second-order valence-corrected chi connectivity index (χ2v) is 12.5. The van der Waals surface area contributed by atoms with Crippen LogP contribution in [0, 0.1) is 11.8 Å². The third-order valence-corrected chi connectivity index (χ3v) is 11.6. The highest BCUT2D eigenvalue weighted by atomic mass is 32.2. The van der Waals surface area contributed by atoms with Gasteiger partial charge in [-0.05, 0) is 69.9 Å². The third-order valence-electron chi connectivity index (χ3n) is 7.98. The van der Waals surface area contributed by atoms with Crippen LogP contribution in [0.2, 0.25) is 0 Å². The van der Waals surface area contributed by atoms with Crippen LogP contribution in [-0.2, 0) is 8.87 Å². The molecule has 35 heavy (non-hydrogen) atoms. The van der Waals surface area contributed by atoms with E-state index in [0.717, 1.165) is 23.5 Å². The lowest BCUT2D eigenvalue weighted by Gasteiger charge is -2.50. The normalized spacial score (nSPS) is 24.8. The number of thioether (sulfide) groups is 2. The predicted molar refractivity (Wildman–Crippen MR) is 144 cm³/mol. The summed E-state index contributed by atoms with van der Waals surface area (Å²) in [4.78, 5) is 13.7. The molecule has 3 atom stereocenters. The van der Waals surface area contributed by atoms with E-state index in [2.05, 4.69) is 72.1 Å². The van der Waals surface area contributed by atoms with E-state index in [1.165, 1.54) is 28.3 Å². The summed E-state index contributed by atoms with van der Waals surface area (Å²) in [6, 6.07) is 17.4. The molecule has 6 heteroatoms. The van der Waals surface area contributed by atoms with Crippen molar-refractivity contribution < 1.29 is 19.0 Å². The first-order valence-electron chi connectivity index (χ1n) is 12.3. The molecule has 3 aromatic carbocycles. The Morgan fingerprint density at radius 3 is 2.31 bits per heavy atom. The Labute approximate surface area is 215 Å². The number of methoxy groups -OCH3 is 3. The van der Waals surface area contributed by atoms with Gasteiger partial charge in [0.05, 0.1) is 25.4 Å². The Kier molecular flexibility index (Phi) is 5.92. The van der Waals surface area contributed by atoms with Crippen LogP contribution in [0.5, 0.6) is 17.2 Å². The van der Waals surface area contributed by atoms with Crippen LogP contribution in [0.4, 0.5) is 0 Å². The zero-order valence-electron chi connectivity index (χ0n) is 20.3. The topological polar surface area (TPSA) is 44.8 Å². The van der Waals surface area contributed by atoms with Crippen LogP contribution in [0.25, 0.3) is 10.8 Å². The van der Waals surface area contributed by atoms with Gasteiger partial charge in [-0.1, -0.05) is 36.4 Å². The van der Waals surface area contributed by atoms with Gasteiger partial charge in [0.1, 0.15) is 5.78 Å². The maximum atomic E-state index is 13.7. The number of ether oxygens (including phenoxy) is 3. The maximum absolute atomic E-state index is 13.7. The summed E-state index contributed by atoms with van der Waals surface area (Å²) in [5.41, 5.74) is 3.76. The Morgan fingerprint density at radius 2 is 1.63 bits per heavy atom. The van der Waals surface area contributed by atoms with E-state index in [9.17, 15) is 4.79 Å². The molecule has 3 aromatic rings. The number of rotatable bonds is 4. The molecule has 0 bridgehead atoms. The Balaban J connectivity index is 1.68.